The Labute approximate surface area is 106 Å². The Balaban J connectivity index is 2.09. The summed E-state index contributed by atoms with van der Waals surface area (Å²) in [4.78, 5) is 0. The molecule has 1 aliphatic rings. The van der Waals surface area contributed by atoms with Crippen molar-refractivity contribution in [3.8, 4) is 0 Å². The van der Waals surface area contributed by atoms with E-state index in [2.05, 4.69) is 10.5 Å². The molecular formula is C13H19N3O2. The van der Waals surface area contributed by atoms with E-state index in [1.54, 1.807) is 0 Å². The Morgan fingerprint density at radius 3 is 2.67 bits per heavy atom. The molecule has 1 fully saturated rings. The van der Waals surface area contributed by atoms with Crippen LogP contribution in [0.3, 0.4) is 0 Å². The van der Waals surface area contributed by atoms with Gasteiger partial charge < -0.3 is 21.4 Å². The Kier molecular flexibility index (Phi) is 3.84. The molecule has 18 heavy (non-hydrogen) atoms. The van der Waals surface area contributed by atoms with E-state index in [1.165, 1.54) is 0 Å². The topological polar surface area (TPSA) is 90.9 Å². The highest BCUT2D eigenvalue weighted by Gasteiger charge is 2.35. The minimum Gasteiger partial charge on any atom is -0.409 e. The van der Waals surface area contributed by atoms with Gasteiger partial charge in [-0.25, -0.2) is 0 Å². The molecule has 5 N–H and O–H groups in total. The number of nitrogens with zero attached hydrogens (tertiary/aromatic N) is 1. The first-order chi connectivity index (χ1) is 8.71. The maximum atomic E-state index is 9.39. The summed E-state index contributed by atoms with van der Waals surface area (Å²) in [5.74, 6) is 0.110. The van der Waals surface area contributed by atoms with Gasteiger partial charge in [-0.3, -0.25) is 0 Å². The minimum atomic E-state index is -0.141. The first-order valence-electron chi connectivity index (χ1n) is 6.12. The number of hydrogen-bond donors (Lipinski definition) is 4. The number of aliphatic hydroxyl groups excluding tert-OH is 1. The smallest absolute Gasteiger partial charge is 0.170 e. The first-order valence-corrected chi connectivity index (χ1v) is 6.12. The van der Waals surface area contributed by atoms with Crippen molar-refractivity contribution in [1.82, 2.24) is 5.32 Å². The van der Waals surface area contributed by atoms with Gasteiger partial charge in [0.15, 0.2) is 5.84 Å². The Morgan fingerprint density at radius 2 is 2.11 bits per heavy atom. The second-order valence-electron chi connectivity index (χ2n) is 4.79. The molecule has 5 heteroatoms. The highest BCUT2D eigenvalue weighted by Crippen LogP contribution is 2.31. The minimum absolute atomic E-state index is 0.110. The summed E-state index contributed by atoms with van der Waals surface area (Å²) in [6.07, 6.45) is 3.14. The number of rotatable bonds is 5. The van der Waals surface area contributed by atoms with E-state index in [9.17, 15) is 5.11 Å². The van der Waals surface area contributed by atoms with Gasteiger partial charge in [-0.1, -0.05) is 29.4 Å². The number of nitrogens with two attached hydrogens (primary N) is 1. The van der Waals surface area contributed by atoms with Crippen molar-refractivity contribution < 1.29 is 10.3 Å². The van der Waals surface area contributed by atoms with Gasteiger partial charge in [0.25, 0.3) is 0 Å². The van der Waals surface area contributed by atoms with Gasteiger partial charge in [-0.05, 0) is 24.8 Å². The average Bonchev–Trinajstić information content (AvgIpc) is 2.37. The van der Waals surface area contributed by atoms with Crippen LogP contribution in [0.15, 0.2) is 29.4 Å². The first kappa shape index (κ1) is 12.9. The summed E-state index contributed by atoms with van der Waals surface area (Å²) in [5, 5.41) is 24.5. The van der Waals surface area contributed by atoms with Gasteiger partial charge in [0, 0.05) is 17.6 Å². The largest absolute Gasteiger partial charge is 0.409 e. The SMILES string of the molecule is N/C(=N/O)c1ccccc1CNC1(CO)CCC1. The Hall–Kier alpha value is -1.59. The highest BCUT2D eigenvalue weighted by molar-refractivity contribution is 5.98. The van der Waals surface area contributed by atoms with E-state index in [0.29, 0.717) is 6.54 Å². The molecular weight excluding hydrogens is 230 g/mol. The van der Waals surface area contributed by atoms with Crippen molar-refractivity contribution in [2.24, 2.45) is 10.9 Å². The quantitative estimate of drug-likeness (QED) is 0.269. The molecule has 0 radical (unpaired) electrons. The summed E-state index contributed by atoms with van der Waals surface area (Å²) in [6.45, 7) is 0.756. The Bertz CT molecular complexity index is 436. The van der Waals surface area contributed by atoms with Crippen LogP contribution in [0.2, 0.25) is 0 Å². The third-order valence-corrected chi connectivity index (χ3v) is 3.67. The predicted octanol–water partition coefficient (Wildman–Crippen LogP) is 0.786. The molecule has 0 spiro atoms. The van der Waals surface area contributed by atoms with Gasteiger partial charge in [-0.2, -0.15) is 0 Å². The molecule has 2 rings (SSSR count). The number of aliphatic hydroxyl groups is 1. The fourth-order valence-electron chi connectivity index (χ4n) is 2.26. The van der Waals surface area contributed by atoms with Crippen molar-refractivity contribution in [2.75, 3.05) is 6.61 Å². The maximum Gasteiger partial charge on any atom is 0.170 e. The lowest BCUT2D eigenvalue weighted by Gasteiger charge is -2.41. The van der Waals surface area contributed by atoms with Gasteiger partial charge in [0.1, 0.15) is 0 Å². The van der Waals surface area contributed by atoms with Gasteiger partial charge in [0.2, 0.25) is 0 Å². The van der Waals surface area contributed by atoms with Gasteiger partial charge >= 0.3 is 0 Å². The number of amidine groups is 1. The van der Waals surface area contributed by atoms with E-state index in [4.69, 9.17) is 10.9 Å². The zero-order chi connectivity index (χ0) is 13.0. The van der Waals surface area contributed by atoms with Crippen molar-refractivity contribution in [1.29, 1.82) is 0 Å². The number of benzene rings is 1. The summed E-state index contributed by atoms with van der Waals surface area (Å²) in [7, 11) is 0. The number of oxime groups is 1. The lowest BCUT2D eigenvalue weighted by atomic mass is 9.77. The molecule has 98 valence electrons. The molecule has 0 heterocycles. The molecule has 5 nitrogen and oxygen atoms in total. The molecule has 0 aromatic heterocycles. The van der Waals surface area contributed by atoms with E-state index >= 15 is 0 Å². The zero-order valence-electron chi connectivity index (χ0n) is 10.3. The molecule has 0 saturated heterocycles. The fourth-order valence-corrected chi connectivity index (χ4v) is 2.26. The van der Waals surface area contributed by atoms with Crippen LogP contribution in [0.1, 0.15) is 30.4 Å². The number of hydrogen-bond acceptors (Lipinski definition) is 4. The molecule has 1 saturated carbocycles. The monoisotopic (exact) mass is 249 g/mol. The van der Waals surface area contributed by atoms with Crippen molar-refractivity contribution in [3.63, 3.8) is 0 Å². The van der Waals surface area contributed by atoms with Crippen molar-refractivity contribution in [2.45, 2.75) is 31.3 Å². The third-order valence-electron chi connectivity index (χ3n) is 3.67. The highest BCUT2D eigenvalue weighted by atomic mass is 16.4. The molecule has 0 aliphatic heterocycles. The van der Waals surface area contributed by atoms with Crippen LogP contribution in [0, 0.1) is 0 Å². The molecule has 0 amide bonds. The molecule has 1 aromatic rings. The van der Waals surface area contributed by atoms with E-state index < -0.39 is 0 Å². The van der Waals surface area contributed by atoms with Crippen LogP contribution in [-0.4, -0.2) is 28.3 Å². The van der Waals surface area contributed by atoms with Crippen molar-refractivity contribution in [3.05, 3.63) is 35.4 Å². The van der Waals surface area contributed by atoms with Crippen LogP contribution < -0.4 is 11.1 Å². The molecule has 1 aromatic carbocycles. The van der Waals surface area contributed by atoms with Crippen LogP contribution in [0.5, 0.6) is 0 Å². The lowest BCUT2D eigenvalue weighted by Crippen LogP contribution is -2.53. The fraction of sp³-hybridized carbons (Fsp3) is 0.462. The second kappa shape index (κ2) is 5.37. The molecule has 0 bridgehead atoms. The summed E-state index contributed by atoms with van der Waals surface area (Å²) in [6, 6.07) is 7.52. The van der Waals surface area contributed by atoms with E-state index in [0.717, 1.165) is 30.4 Å². The van der Waals surface area contributed by atoms with Gasteiger partial charge in [0.05, 0.1) is 6.61 Å². The van der Waals surface area contributed by atoms with E-state index in [-0.39, 0.29) is 18.0 Å². The average molecular weight is 249 g/mol. The molecule has 0 atom stereocenters. The lowest BCUT2D eigenvalue weighted by molar-refractivity contribution is 0.0872. The normalized spacial score (nSPS) is 18.4. The standard InChI is InChI=1S/C13H19N3O2/c14-12(16-18)11-5-2-1-4-10(11)8-15-13(9-17)6-3-7-13/h1-2,4-5,15,17-18H,3,6-9H2,(H2,14,16). The van der Waals surface area contributed by atoms with Crippen molar-refractivity contribution >= 4 is 5.84 Å². The number of nitrogens with one attached hydrogen (secondary N) is 1. The van der Waals surface area contributed by atoms with Crippen LogP contribution in [-0.2, 0) is 6.54 Å². The van der Waals surface area contributed by atoms with Crippen LogP contribution in [0.25, 0.3) is 0 Å². The molecule has 0 unspecified atom stereocenters. The predicted molar refractivity (Wildman–Crippen MR) is 69.5 cm³/mol. The summed E-state index contributed by atoms with van der Waals surface area (Å²) in [5.41, 5.74) is 7.18. The second-order valence-corrected chi connectivity index (χ2v) is 4.79. The zero-order valence-corrected chi connectivity index (χ0v) is 10.3. The van der Waals surface area contributed by atoms with Crippen LogP contribution in [0.4, 0.5) is 0 Å². The van der Waals surface area contributed by atoms with E-state index in [1.807, 2.05) is 24.3 Å². The third kappa shape index (κ3) is 2.47. The molecule has 1 aliphatic carbocycles. The van der Waals surface area contributed by atoms with Crippen LogP contribution >= 0.6 is 0 Å². The van der Waals surface area contributed by atoms with Gasteiger partial charge in [-0.15, -0.1) is 0 Å². The summed E-state index contributed by atoms with van der Waals surface area (Å²) >= 11 is 0. The summed E-state index contributed by atoms with van der Waals surface area (Å²) < 4.78 is 0. The maximum absolute atomic E-state index is 9.39. The Morgan fingerprint density at radius 1 is 1.39 bits per heavy atom.